The van der Waals surface area contributed by atoms with Crippen LogP contribution in [0.2, 0.25) is 0 Å². The Bertz CT molecular complexity index is 737. The highest BCUT2D eigenvalue weighted by molar-refractivity contribution is 7.18. The number of fused-ring (bicyclic) bond motifs is 1. The lowest BCUT2D eigenvalue weighted by Gasteiger charge is -2.13. The van der Waals surface area contributed by atoms with Crippen LogP contribution in [0.4, 0.5) is 5.82 Å². The van der Waals surface area contributed by atoms with Crippen LogP contribution >= 0.6 is 11.3 Å². The summed E-state index contributed by atoms with van der Waals surface area (Å²) in [5.41, 5.74) is 7.64. The van der Waals surface area contributed by atoms with Crippen LogP contribution in [0.25, 0.3) is 21.5 Å². The molecule has 2 N–H and O–H groups in total. The van der Waals surface area contributed by atoms with Crippen molar-refractivity contribution in [1.29, 1.82) is 0 Å². The molecule has 0 bridgehead atoms. The van der Waals surface area contributed by atoms with Gasteiger partial charge in [-0.15, -0.1) is 11.3 Å². The third-order valence-corrected chi connectivity index (χ3v) is 4.29. The second-order valence-electron chi connectivity index (χ2n) is 5.57. The maximum Gasteiger partial charge on any atom is 0.169 e. The smallest absolute Gasteiger partial charge is 0.169 e. The van der Waals surface area contributed by atoms with E-state index in [0.29, 0.717) is 11.6 Å². The molecule has 0 fully saturated rings. The van der Waals surface area contributed by atoms with E-state index in [1.54, 1.807) is 17.4 Å². The summed E-state index contributed by atoms with van der Waals surface area (Å²) in [6.45, 7) is 6.51. The van der Waals surface area contributed by atoms with Gasteiger partial charge in [-0.25, -0.2) is 4.98 Å². The molecule has 0 saturated heterocycles. The van der Waals surface area contributed by atoms with E-state index >= 15 is 0 Å². The fourth-order valence-corrected chi connectivity index (χ4v) is 2.89. The van der Waals surface area contributed by atoms with Gasteiger partial charge in [-0.1, -0.05) is 25.9 Å². The van der Waals surface area contributed by atoms with Crippen LogP contribution in [0.5, 0.6) is 0 Å². The first-order valence-corrected chi connectivity index (χ1v) is 6.89. The Kier molecular flexibility index (Phi) is 2.60. The Hall–Kier alpha value is -1.88. The van der Waals surface area contributed by atoms with Gasteiger partial charge in [-0.3, -0.25) is 0 Å². The zero-order chi connectivity index (χ0) is 13.6. The van der Waals surface area contributed by atoms with Crippen LogP contribution in [-0.2, 0) is 5.41 Å². The van der Waals surface area contributed by atoms with Gasteiger partial charge < -0.3 is 10.3 Å². The third kappa shape index (κ3) is 2.21. The number of aromatic nitrogens is 2. The molecule has 2 heterocycles. The quantitative estimate of drug-likeness (QED) is 0.731. The van der Waals surface area contributed by atoms with Crippen molar-refractivity contribution in [2.75, 3.05) is 5.73 Å². The predicted molar refractivity (Wildman–Crippen MR) is 78.2 cm³/mol. The Morgan fingerprint density at radius 3 is 2.63 bits per heavy atom. The molecule has 1 aromatic carbocycles. The van der Waals surface area contributed by atoms with E-state index in [4.69, 9.17) is 10.3 Å². The second-order valence-corrected chi connectivity index (χ2v) is 6.60. The Morgan fingerprint density at radius 1 is 1.21 bits per heavy atom. The molecular formula is C14H15N3OS. The fraction of sp³-hybridized carbons (Fsp3) is 0.286. The summed E-state index contributed by atoms with van der Waals surface area (Å²) in [5, 5.41) is 4.84. The van der Waals surface area contributed by atoms with E-state index in [-0.39, 0.29) is 5.41 Å². The van der Waals surface area contributed by atoms with Gasteiger partial charge in [0.2, 0.25) is 0 Å². The lowest BCUT2D eigenvalue weighted by Crippen LogP contribution is -2.09. The van der Waals surface area contributed by atoms with Crippen molar-refractivity contribution in [1.82, 2.24) is 10.1 Å². The Morgan fingerprint density at radius 2 is 2.00 bits per heavy atom. The fourth-order valence-electron chi connectivity index (χ4n) is 1.82. The third-order valence-electron chi connectivity index (χ3n) is 2.84. The van der Waals surface area contributed by atoms with E-state index in [1.165, 1.54) is 0 Å². The molecule has 0 amide bonds. The first-order valence-electron chi connectivity index (χ1n) is 6.07. The Balaban J connectivity index is 2.11. The van der Waals surface area contributed by atoms with Crippen LogP contribution in [0.15, 0.2) is 28.8 Å². The molecule has 3 aromatic rings. The van der Waals surface area contributed by atoms with Gasteiger partial charge in [-0.2, -0.15) is 0 Å². The number of anilines is 1. The number of thiazole rings is 1. The van der Waals surface area contributed by atoms with Gasteiger partial charge in [0.25, 0.3) is 0 Å². The minimum absolute atomic E-state index is 0.0700. The normalized spacial score (nSPS) is 12.2. The highest BCUT2D eigenvalue weighted by atomic mass is 32.1. The first-order chi connectivity index (χ1) is 8.93. The SMILES string of the molecule is CC(C)(C)c1nc2ccc(-c3cc(N)no3)cc2s1. The molecule has 5 heteroatoms. The van der Waals surface area contributed by atoms with Gasteiger partial charge in [-0.05, 0) is 18.2 Å². The molecule has 19 heavy (non-hydrogen) atoms. The average molecular weight is 273 g/mol. The summed E-state index contributed by atoms with van der Waals surface area (Å²) in [4.78, 5) is 4.67. The minimum atomic E-state index is 0.0700. The van der Waals surface area contributed by atoms with Gasteiger partial charge in [0.15, 0.2) is 11.6 Å². The molecular weight excluding hydrogens is 258 g/mol. The summed E-state index contributed by atoms with van der Waals surface area (Å²) in [5.74, 6) is 1.08. The van der Waals surface area contributed by atoms with Crippen LogP contribution in [0.3, 0.4) is 0 Å². The number of benzene rings is 1. The molecule has 0 atom stereocenters. The van der Waals surface area contributed by atoms with Crippen molar-refractivity contribution in [2.45, 2.75) is 26.2 Å². The van der Waals surface area contributed by atoms with Crippen molar-refractivity contribution in [3.05, 3.63) is 29.3 Å². The van der Waals surface area contributed by atoms with Crippen molar-refractivity contribution in [3.8, 4) is 11.3 Å². The average Bonchev–Trinajstić information content (AvgIpc) is 2.92. The van der Waals surface area contributed by atoms with Crippen molar-refractivity contribution in [2.24, 2.45) is 0 Å². The molecule has 0 aliphatic rings. The lowest BCUT2D eigenvalue weighted by atomic mass is 9.98. The molecule has 2 aromatic heterocycles. The van der Waals surface area contributed by atoms with Gasteiger partial charge in [0.05, 0.1) is 15.2 Å². The highest BCUT2D eigenvalue weighted by Gasteiger charge is 2.19. The molecule has 0 aliphatic heterocycles. The van der Waals surface area contributed by atoms with E-state index in [2.05, 4.69) is 37.0 Å². The predicted octanol–water partition coefficient (Wildman–Crippen LogP) is 3.83. The molecule has 0 radical (unpaired) electrons. The van der Waals surface area contributed by atoms with Crippen molar-refractivity contribution >= 4 is 27.4 Å². The van der Waals surface area contributed by atoms with Crippen LogP contribution in [0, 0.1) is 0 Å². The number of nitrogens with zero attached hydrogens (tertiary/aromatic N) is 2. The van der Waals surface area contributed by atoms with Crippen LogP contribution in [-0.4, -0.2) is 10.1 Å². The zero-order valence-corrected chi connectivity index (χ0v) is 11.9. The number of nitrogens with two attached hydrogens (primary N) is 1. The molecule has 0 unspecified atom stereocenters. The summed E-state index contributed by atoms with van der Waals surface area (Å²) in [7, 11) is 0. The van der Waals surface area contributed by atoms with Crippen molar-refractivity contribution < 1.29 is 4.52 Å². The van der Waals surface area contributed by atoms with E-state index in [1.807, 2.05) is 12.1 Å². The molecule has 3 rings (SSSR count). The topological polar surface area (TPSA) is 64.9 Å². The summed E-state index contributed by atoms with van der Waals surface area (Å²) < 4.78 is 6.33. The summed E-state index contributed by atoms with van der Waals surface area (Å²) >= 11 is 1.72. The lowest BCUT2D eigenvalue weighted by molar-refractivity contribution is 0.436. The molecule has 0 spiro atoms. The summed E-state index contributed by atoms with van der Waals surface area (Å²) in [6.07, 6.45) is 0. The first kappa shape index (κ1) is 12.2. The van der Waals surface area contributed by atoms with E-state index in [9.17, 15) is 0 Å². The molecule has 0 aliphatic carbocycles. The van der Waals surface area contributed by atoms with Crippen LogP contribution < -0.4 is 5.73 Å². The monoisotopic (exact) mass is 273 g/mol. The van der Waals surface area contributed by atoms with Gasteiger partial charge in [0, 0.05) is 17.0 Å². The molecule has 4 nitrogen and oxygen atoms in total. The zero-order valence-electron chi connectivity index (χ0n) is 11.1. The molecule has 98 valence electrons. The number of hydrogen-bond donors (Lipinski definition) is 1. The maximum atomic E-state index is 5.58. The van der Waals surface area contributed by atoms with E-state index < -0.39 is 0 Å². The van der Waals surface area contributed by atoms with Gasteiger partial charge >= 0.3 is 0 Å². The molecule has 0 saturated carbocycles. The van der Waals surface area contributed by atoms with Crippen molar-refractivity contribution in [3.63, 3.8) is 0 Å². The Labute approximate surface area is 115 Å². The van der Waals surface area contributed by atoms with E-state index in [0.717, 1.165) is 20.8 Å². The standard InChI is InChI=1S/C14H15N3OS/c1-14(2,3)13-16-9-5-4-8(6-11(9)19-13)10-7-12(15)17-18-10/h4-7H,1-3H3,(H2,15,17). The highest BCUT2D eigenvalue weighted by Crippen LogP contribution is 2.33. The largest absolute Gasteiger partial charge is 0.381 e. The second kappa shape index (κ2) is 4.06. The number of nitrogen functional groups attached to an aromatic ring is 1. The maximum absolute atomic E-state index is 5.58. The summed E-state index contributed by atoms with van der Waals surface area (Å²) in [6, 6.07) is 7.79. The number of rotatable bonds is 1. The van der Waals surface area contributed by atoms with Gasteiger partial charge in [0.1, 0.15) is 0 Å². The number of hydrogen-bond acceptors (Lipinski definition) is 5. The van der Waals surface area contributed by atoms with Crippen LogP contribution in [0.1, 0.15) is 25.8 Å². The minimum Gasteiger partial charge on any atom is -0.381 e.